The number of amides is 1. The van der Waals surface area contributed by atoms with E-state index in [0.717, 1.165) is 55.2 Å². The highest BCUT2D eigenvalue weighted by atomic mass is 32.1. The lowest BCUT2D eigenvalue weighted by molar-refractivity contribution is 0.103. The SMILES string of the molecule is COc1ccc(-c2cc(-c3ccc(C)cc3)c3c(N)c(C(=O)Nc4cccc(C)c4C)sc3n2)cc1. The van der Waals surface area contributed by atoms with Gasteiger partial charge in [-0.1, -0.05) is 42.0 Å². The number of methoxy groups -OCH3 is 1. The van der Waals surface area contributed by atoms with Crippen molar-refractivity contribution in [3.8, 4) is 28.1 Å². The third kappa shape index (κ3) is 4.32. The number of aryl methyl sites for hydroxylation is 2. The molecule has 3 N–H and O–H groups in total. The number of ether oxygens (including phenoxy) is 1. The molecule has 0 aliphatic carbocycles. The van der Waals surface area contributed by atoms with Crippen molar-refractivity contribution >= 4 is 38.8 Å². The van der Waals surface area contributed by atoms with Gasteiger partial charge in [0.1, 0.15) is 15.5 Å². The zero-order chi connectivity index (χ0) is 25.4. The number of nitrogens with zero attached hydrogens (tertiary/aromatic N) is 1. The number of thiophene rings is 1. The average Bonchev–Trinajstić information content (AvgIpc) is 3.23. The van der Waals surface area contributed by atoms with Crippen LogP contribution in [0, 0.1) is 20.8 Å². The third-order valence-electron chi connectivity index (χ3n) is 6.51. The highest BCUT2D eigenvalue weighted by Crippen LogP contribution is 2.42. The van der Waals surface area contributed by atoms with Crippen molar-refractivity contribution in [2.75, 3.05) is 18.2 Å². The number of carbonyl (C=O) groups is 1. The van der Waals surface area contributed by atoms with Crippen LogP contribution in [0.3, 0.4) is 0 Å². The highest BCUT2D eigenvalue weighted by molar-refractivity contribution is 7.21. The number of nitrogens with one attached hydrogen (secondary N) is 1. The van der Waals surface area contributed by atoms with Crippen molar-refractivity contribution in [3.63, 3.8) is 0 Å². The minimum Gasteiger partial charge on any atom is -0.497 e. The second kappa shape index (κ2) is 9.47. The summed E-state index contributed by atoms with van der Waals surface area (Å²) < 4.78 is 5.31. The van der Waals surface area contributed by atoms with Gasteiger partial charge in [-0.2, -0.15) is 0 Å². The molecule has 0 fully saturated rings. The number of rotatable bonds is 5. The Morgan fingerprint density at radius 1 is 0.944 bits per heavy atom. The predicted molar refractivity (Wildman–Crippen MR) is 150 cm³/mol. The van der Waals surface area contributed by atoms with Gasteiger partial charge in [-0.05, 0) is 79.4 Å². The van der Waals surface area contributed by atoms with Crippen molar-refractivity contribution in [2.24, 2.45) is 0 Å². The van der Waals surface area contributed by atoms with Crippen LogP contribution >= 0.6 is 11.3 Å². The van der Waals surface area contributed by atoms with Gasteiger partial charge in [0.2, 0.25) is 0 Å². The van der Waals surface area contributed by atoms with Gasteiger partial charge in [0.25, 0.3) is 5.91 Å². The molecule has 0 spiro atoms. The molecule has 36 heavy (non-hydrogen) atoms. The van der Waals surface area contributed by atoms with Gasteiger partial charge in [0.15, 0.2) is 0 Å². The standard InChI is InChI=1S/C30H27N3O2S/c1-17-8-10-20(11-9-17)23-16-25(21-12-14-22(35-4)15-13-21)33-30-26(23)27(31)28(36-30)29(34)32-24-7-5-6-18(2)19(24)3/h5-16H,31H2,1-4H3,(H,32,34). The van der Waals surface area contributed by atoms with Gasteiger partial charge in [-0.25, -0.2) is 4.98 Å². The third-order valence-corrected chi connectivity index (χ3v) is 7.60. The molecular formula is C30H27N3O2S. The number of anilines is 2. The Balaban J connectivity index is 1.66. The Bertz CT molecular complexity index is 1590. The van der Waals surface area contributed by atoms with Crippen LogP contribution in [0.2, 0.25) is 0 Å². The summed E-state index contributed by atoms with van der Waals surface area (Å²) in [6, 6.07) is 24.0. The number of hydrogen-bond acceptors (Lipinski definition) is 5. The fourth-order valence-electron chi connectivity index (χ4n) is 4.23. The van der Waals surface area contributed by atoms with E-state index in [1.807, 2.05) is 62.4 Å². The van der Waals surface area contributed by atoms with Crippen molar-refractivity contribution in [1.29, 1.82) is 0 Å². The number of hydrogen-bond donors (Lipinski definition) is 2. The zero-order valence-corrected chi connectivity index (χ0v) is 21.5. The van der Waals surface area contributed by atoms with Gasteiger partial charge >= 0.3 is 0 Å². The Labute approximate surface area is 214 Å². The molecule has 180 valence electrons. The maximum Gasteiger partial charge on any atom is 0.267 e. The molecule has 0 saturated carbocycles. The van der Waals surface area contributed by atoms with E-state index >= 15 is 0 Å². The molecule has 2 aromatic heterocycles. The summed E-state index contributed by atoms with van der Waals surface area (Å²) in [6.45, 7) is 6.08. The van der Waals surface area contributed by atoms with Gasteiger partial charge in [0.05, 0.1) is 18.5 Å². The van der Waals surface area contributed by atoms with Gasteiger partial charge in [0, 0.05) is 16.6 Å². The normalized spacial score (nSPS) is 11.0. The van der Waals surface area contributed by atoms with Crippen molar-refractivity contribution in [3.05, 3.63) is 94.4 Å². The van der Waals surface area contributed by atoms with Crippen LogP contribution in [0.15, 0.2) is 72.8 Å². The van der Waals surface area contributed by atoms with Gasteiger partial charge in [-0.15, -0.1) is 11.3 Å². The Hall–Kier alpha value is -4.16. The molecule has 2 heterocycles. The Kier molecular flexibility index (Phi) is 6.20. The number of aromatic nitrogens is 1. The fourth-order valence-corrected chi connectivity index (χ4v) is 5.24. The summed E-state index contributed by atoms with van der Waals surface area (Å²) in [6.07, 6.45) is 0. The van der Waals surface area contributed by atoms with E-state index in [9.17, 15) is 4.79 Å². The number of carbonyl (C=O) groups excluding carboxylic acids is 1. The smallest absolute Gasteiger partial charge is 0.267 e. The van der Waals surface area contributed by atoms with Crippen LogP contribution in [0.1, 0.15) is 26.4 Å². The number of fused-ring (bicyclic) bond motifs is 1. The Morgan fingerprint density at radius 3 is 2.33 bits per heavy atom. The van der Waals surface area contributed by atoms with E-state index in [0.29, 0.717) is 10.6 Å². The molecule has 0 unspecified atom stereocenters. The molecule has 0 aliphatic rings. The summed E-state index contributed by atoms with van der Waals surface area (Å²) in [7, 11) is 1.65. The lowest BCUT2D eigenvalue weighted by Gasteiger charge is -2.10. The topological polar surface area (TPSA) is 77.2 Å². The van der Waals surface area contributed by atoms with Crippen molar-refractivity contribution in [1.82, 2.24) is 4.98 Å². The summed E-state index contributed by atoms with van der Waals surface area (Å²) in [4.78, 5) is 19.5. The molecule has 0 saturated heterocycles. The second-order valence-electron chi connectivity index (χ2n) is 8.88. The van der Waals surface area contributed by atoms with Crippen LogP contribution in [-0.4, -0.2) is 18.0 Å². The zero-order valence-electron chi connectivity index (χ0n) is 20.7. The van der Waals surface area contributed by atoms with Gasteiger partial charge < -0.3 is 15.8 Å². The van der Waals surface area contributed by atoms with E-state index in [-0.39, 0.29) is 5.91 Å². The van der Waals surface area contributed by atoms with E-state index in [1.54, 1.807) is 7.11 Å². The van der Waals surface area contributed by atoms with Crippen LogP contribution in [0.4, 0.5) is 11.4 Å². The van der Waals surface area contributed by atoms with Crippen molar-refractivity contribution < 1.29 is 9.53 Å². The van der Waals surface area contributed by atoms with E-state index in [1.165, 1.54) is 16.9 Å². The van der Waals surface area contributed by atoms with Gasteiger partial charge in [-0.3, -0.25) is 4.79 Å². The number of benzene rings is 3. The maximum atomic E-state index is 13.4. The fraction of sp³-hybridized carbons (Fsp3) is 0.133. The molecule has 0 atom stereocenters. The number of pyridine rings is 1. The lowest BCUT2D eigenvalue weighted by atomic mass is 9.98. The molecule has 1 amide bonds. The molecule has 5 nitrogen and oxygen atoms in total. The summed E-state index contributed by atoms with van der Waals surface area (Å²) >= 11 is 1.32. The lowest BCUT2D eigenvalue weighted by Crippen LogP contribution is -2.13. The van der Waals surface area contributed by atoms with E-state index in [4.69, 9.17) is 15.5 Å². The molecule has 0 aliphatic heterocycles. The summed E-state index contributed by atoms with van der Waals surface area (Å²) in [5, 5.41) is 3.84. The molecule has 5 aromatic rings. The minimum atomic E-state index is -0.231. The number of nitrogens with two attached hydrogens (primary N) is 1. The first kappa shape index (κ1) is 23.6. The molecule has 5 rings (SSSR count). The molecule has 0 bridgehead atoms. The summed E-state index contributed by atoms with van der Waals surface area (Å²) in [5.41, 5.74) is 14.9. The quantitative estimate of drug-likeness (QED) is 0.267. The van der Waals surface area contributed by atoms with Crippen LogP contribution < -0.4 is 15.8 Å². The van der Waals surface area contributed by atoms with Crippen molar-refractivity contribution in [2.45, 2.75) is 20.8 Å². The minimum absolute atomic E-state index is 0.231. The first-order chi connectivity index (χ1) is 17.4. The summed E-state index contributed by atoms with van der Waals surface area (Å²) in [5.74, 6) is 0.550. The monoisotopic (exact) mass is 493 g/mol. The van der Waals surface area contributed by atoms with E-state index in [2.05, 4.69) is 36.5 Å². The molecule has 3 aromatic carbocycles. The predicted octanol–water partition coefficient (Wildman–Crippen LogP) is 7.40. The van der Waals surface area contributed by atoms with Crippen LogP contribution in [0.5, 0.6) is 5.75 Å². The first-order valence-electron chi connectivity index (χ1n) is 11.7. The number of nitrogen functional groups attached to an aromatic ring is 1. The average molecular weight is 494 g/mol. The second-order valence-corrected chi connectivity index (χ2v) is 9.88. The van der Waals surface area contributed by atoms with E-state index < -0.39 is 0 Å². The molecule has 6 heteroatoms. The molecular weight excluding hydrogens is 466 g/mol. The van der Waals surface area contributed by atoms with Crippen LogP contribution in [-0.2, 0) is 0 Å². The highest BCUT2D eigenvalue weighted by Gasteiger charge is 2.22. The largest absolute Gasteiger partial charge is 0.497 e. The first-order valence-corrected chi connectivity index (χ1v) is 12.5. The van der Waals surface area contributed by atoms with Crippen LogP contribution in [0.25, 0.3) is 32.6 Å². The maximum absolute atomic E-state index is 13.4. The Morgan fingerprint density at radius 2 is 1.64 bits per heavy atom. The molecule has 0 radical (unpaired) electrons.